The summed E-state index contributed by atoms with van der Waals surface area (Å²) in [5, 5.41) is 11.8. The molecule has 0 amide bonds. The Balaban J connectivity index is 3.22. The van der Waals surface area contributed by atoms with Crippen LogP contribution in [-0.4, -0.2) is 10.00 Å². The van der Waals surface area contributed by atoms with E-state index in [1.807, 2.05) is 0 Å². The van der Waals surface area contributed by atoms with E-state index in [-0.39, 0.29) is 10.8 Å². The summed E-state index contributed by atoms with van der Waals surface area (Å²) in [7, 11) is -3.90. The summed E-state index contributed by atoms with van der Waals surface area (Å²) in [6.07, 6.45) is 1.90. The number of halogens is 1. The monoisotopic (exact) mass is 262 g/mol. The largest absolute Gasteiger partial charge is 0.506 e. The second-order valence-corrected chi connectivity index (χ2v) is 5.00. The number of hydrogen-bond donors (Lipinski definition) is 4. The van der Waals surface area contributed by atoms with Gasteiger partial charge in [0, 0.05) is 11.3 Å². The Hall–Kier alpha value is -1.00. The number of rotatable bonds is 4. The molecule has 1 atom stereocenters. The SMILES string of the molecule is C=CCc1c(NP(N)(=O)O)ccc(O)c1Cl. The Morgan fingerprint density at radius 2 is 2.25 bits per heavy atom. The fraction of sp³-hybridized carbons (Fsp3) is 0.111. The van der Waals surface area contributed by atoms with Crippen molar-refractivity contribution in [3.05, 3.63) is 35.4 Å². The predicted molar refractivity (Wildman–Crippen MR) is 64.7 cm³/mol. The maximum atomic E-state index is 11.0. The van der Waals surface area contributed by atoms with E-state index in [2.05, 4.69) is 11.7 Å². The van der Waals surface area contributed by atoms with E-state index in [1.165, 1.54) is 12.1 Å². The second-order valence-electron chi connectivity index (χ2n) is 3.15. The fourth-order valence-electron chi connectivity index (χ4n) is 1.23. The molecule has 0 fully saturated rings. The number of nitrogens with one attached hydrogen (secondary N) is 1. The molecule has 0 radical (unpaired) electrons. The molecule has 0 bridgehead atoms. The van der Waals surface area contributed by atoms with Crippen LogP contribution in [0.1, 0.15) is 5.56 Å². The summed E-state index contributed by atoms with van der Waals surface area (Å²) >= 11 is 5.86. The van der Waals surface area contributed by atoms with Gasteiger partial charge in [0.25, 0.3) is 0 Å². The minimum absolute atomic E-state index is 0.103. The molecule has 5 nitrogen and oxygen atoms in total. The standard InChI is InChI=1S/C9H12ClN2O3P/c1-2-3-6-7(12-16(11,14)15)4-5-8(13)9(6)10/h2,4-5,13H,1,3H2,(H4,11,12,14,15). The normalized spacial score (nSPS) is 14.2. The number of hydrogen-bond acceptors (Lipinski definition) is 2. The molecule has 0 heterocycles. The van der Waals surface area contributed by atoms with Crippen LogP contribution in [0.25, 0.3) is 0 Å². The lowest BCUT2D eigenvalue weighted by Crippen LogP contribution is -2.06. The zero-order valence-electron chi connectivity index (χ0n) is 8.35. The van der Waals surface area contributed by atoms with Gasteiger partial charge in [-0.2, -0.15) is 0 Å². The van der Waals surface area contributed by atoms with Crippen molar-refractivity contribution in [2.24, 2.45) is 5.50 Å². The molecule has 1 unspecified atom stereocenters. The smallest absolute Gasteiger partial charge is 0.360 e. The van der Waals surface area contributed by atoms with Crippen LogP contribution in [0.4, 0.5) is 5.69 Å². The Bertz CT molecular complexity index is 458. The third-order valence-corrected chi connectivity index (χ3v) is 2.83. The number of anilines is 1. The van der Waals surface area contributed by atoms with Crippen LogP contribution in [0.3, 0.4) is 0 Å². The van der Waals surface area contributed by atoms with Crippen LogP contribution < -0.4 is 10.6 Å². The maximum absolute atomic E-state index is 11.0. The fourth-order valence-corrected chi connectivity index (χ4v) is 2.03. The molecule has 0 aliphatic heterocycles. The molecule has 0 aliphatic carbocycles. The van der Waals surface area contributed by atoms with Crippen LogP contribution >= 0.6 is 19.3 Å². The Morgan fingerprint density at radius 1 is 1.62 bits per heavy atom. The molecule has 16 heavy (non-hydrogen) atoms. The average Bonchev–Trinajstić information content (AvgIpc) is 2.15. The summed E-state index contributed by atoms with van der Waals surface area (Å²) in [6, 6.07) is 2.74. The minimum Gasteiger partial charge on any atom is -0.506 e. The van der Waals surface area contributed by atoms with Crippen molar-refractivity contribution in [3.8, 4) is 5.75 Å². The van der Waals surface area contributed by atoms with Crippen molar-refractivity contribution >= 4 is 25.0 Å². The summed E-state index contributed by atoms with van der Waals surface area (Å²) in [5.74, 6) is -0.103. The van der Waals surface area contributed by atoms with Crippen LogP contribution in [-0.2, 0) is 11.0 Å². The van der Waals surface area contributed by atoms with E-state index in [0.29, 0.717) is 17.7 Å². The van der Waals surface area contributed by atoms with E-state index >= 15 is 0 Å². The lowest BCUT2D eigenvalue weighted by Gasteiger charge is -2.14. The van der Waals surface area contributed by atoms with E-state index in [4.69, 9.17) is 22.0 Å². The Labute approximate surface area is 98.1 Å². The lowest BCUT2D eigenvalue weighted by atomic mass is 10.1. The van der Waals surface area contributed by atoms with Crippen molar-refractivity contribution < 1.29 is 14.6 Å². The molecule has 1 rings (SSSR count). The van der Waals surface area contributed by atoms with Crippen LogP contribution in [0.5, 0.6) is 5.75 Å². The molecular formula is C9H12ClN2O3P. The van der Waals surface area contributed by atoms with Gasteiger partial charge in [0.05, 0.1) is 5.02 Å². The second kappa shape index (κ2) is 4.89. The number of aromatic hydroxyl groups is 1. The summed E-state index contributed by atoms with van der Waals surface area (Å²) < 4.78 is 11.0. The summed E-state index contributed by atoms with van der Waals surface area (Å²) in [4.78, 5) is 9.01. The molecule has 1 aromatic carbocycles. The van der Waals surface area contributed by atoms with Crippen LogP contribution in [0, 0.1) is 0 Å². The molecule has 0 saturated carbocycles. The molecule has 0 aliphatic rings. The Morgan fingerprint density at radius 3 is 2.75 bits per heavy atom. The average molecular weight is 263 g/mol. The first-order chi connectivity index (χ1) is 7.35. The first-order valence-corrected chi connectivity index (χ1v) is 6.46. The number of phenols is 1. The van der Waals surface area contributed by atoms with Gasteiger partial charge in [-0.1, -0.05) is 17.7 Å². The van der Waals surface area contributed by atoms with Gasteiger partial charge in [-0.05, 0) is 18.6 Å². The first kappa shape index (κ1) is 13.1. The van der Waals surface area contributed by atoms with Gasteiger partial charge in [0.15, 0.2) is 0 Å². The van der Waals surface area contributed by atoms with Gasteiger partial charge < -0.3 is 15.1 Å². The van der Waals surface area contributed by atoms with Crippen LogP contribution in [0.2, 0.25) is 5.02 Å². The highest BCUT2D eigenvalue weighted by Gasteiger charge is 2.16. The highest BCUT2D eigenvalue weighted by Crippen LogP contribution is 2.39. The van der Waals surface area contributed by atoms with Crippen molar-refractivity contribution in [3.63, 3.8) is 0 Å². The van der Waals surface area contributed by atoms with Gasteiger partial charge in [0.1, 0.15) is 5.75 Å². The maximum Gasteiger partial charge on any atom is 0.360 e. The molecule has 7 heteroatoms. The third-order valence-electron chi connectivity index (χ3n) is 1.85. The molecule has 0 spiro atoms. The predicted octanol–water partition coefficient (Wildman–Crippen LogP) is 2.25. The molecule has 0 aromatic heterocycles. The van der Waals surface area contributed by atoms with Crippen molar-refractivity contribution in [2.75, 3.05) is 5.09 Å². The number of phenolic OH excluding ortho intramolecular Hbond substituents is 1. The van der Waals surface area contributed by atoms with E-state index in [1.54, 1.807) is 6.08 Å². The van der Waals surface area contributed by atoms with Gasteiger partial charge >= 0.3 is 7.67 Å². The highest BCUT2D eigenvalue weighted by atomic mass is 35.5. The van der Waals surface area contributed by atoms with E-state index in [9.17, 15) is 9.67 Å². The van der Waals surface area contributed by atoms with Gasteiger partial charge in [-0.3, -0.25) is 0 Å². The number of benzene rings is 1. The van der Waals surface area contributed by atoms with Crippen molar-refractivity contribution in [1.82, 2.24) is 0 Å². The summed E-state index contributed by atoms with van der Waals surface area (Å²) in [6.45, 7) is 3.53. The third kappa shape index (κ3) is 3.25. The lowest BCUT2D eigenvalue weighted by molar-refractivity contribution is 0.474. The highest BCUT2D eigenvalue weighted by molar-refractivity contribution is 7.57. The van der Waals surface area contributed by atoms with Crippen molar-refractivity contribution in [2.45, 2.75) is 6.42 Å². The number of allylic oxidation sites excluding steroid dienone is 1. The van der Waals surface area contributed by atoms with Gasteiger partial charge in [-0.25, -0.2) is 10.1 Å². The first-order valence-electron chi connectivity index (χ1n) is 4.36. The topological polar surface area (TPSA) is 95.6 Å². The van der Waals surface area contributed by atoms with Crippen molar-refractivity contribution in [1.29, 1.82) is 0 Å². The van der Waals surface area contributed by atoms with E-state index < -0.39 is 7.67 Å². The van der Waals surface area contributed by atoms with E-state index in [0.717, 1.165) is 0 Å². The Kier molecular flexibility index (Phi) is 3.99. The minimum atomic E-state index is -3.90. The summed E-state index contributed by atoms with van der Waals surface area (Å²) in [5.41, 5.74) is 5.76. The van der Waals surface area contributed by atoms with Gasteiger partial charge in [-0.15, -0.1) is 6.58 Å². The number of nitrogens with two attached hydrogens (primary N) is 1. The molecule has 1 aromatic rings. The molecule has 0 saturated heterocycles. The zero-order valence-corrected chi connectivity index (χ0v) is 10.0. The molecule has 88 valence electrons. The van der Waals surface area contributed by atoms with Crippen LogP contribution in [0.15, 0.2) is 24.8 Å². The molecular weight excluding hydrogens is 251 g/mol. The van der Waals surface area contributed by atoms with Gasteiger partial charge in [0.2, 0.25) is 0 Å². The molecule has 5 N–H and O–H groups in total. The quantitative estimate of drug-likeness (QED) is 0.379. The zero-order chi connectivity index (χ0) is 12.3.